The SMILES string of the molecule is Cc1cc(-c2cc(C)cc3ccccc23)c2ccccc2c1. The normalized spacial score (nSPS) is 11.2. The van der Waals surface area contributed by atoms with Crippen LogP contribution in [0.4, 0.5) is 0 Å². The van der Waals surface area contributed by atoms with Gasteiger partial charge in [0, 0.05) is 0 Å². The molecule has 0 spiro atoms. The van der Waals surface area contributed by atoms with Gasteiger partial charge in [-0.05, 0) is 57.6 Å². The Morgan fingerprint density at radius 2 is 0.909 bits per heavy atom. The van der Waals surface area contributed by atoms with Gasteiger partial charge in [-0.3, -0.25) is 0 Å². The highest BCUT2D eigenvalue weighted by molar-refractivity contribution is 6.06. The van der Waals surface area contributed by atoms with Gasteiger partial charge >= 0.3 is 0 Å². The van der Waals surface area contributed by atoms with E-state index in [1.165, 1.54) is 43.8 Å². The summed E-state index contributed by atoms with van der Waals surface area (Å²) in [6.45, 7) is 4.35. The van der Waals surface area contributed by atoms with Gasteiger partial charge in [-0.25, -0.2) is 0 Å². The third kappa shape index (κ3) is 2.08. The molecule has 0 saturated carbocycles. The van der Waals surface area contributed by atoms with Crippen molar-refractivity contribution in [1.82, 2.24) is 0 Å². The molecule has 0 heterocycles. The molecule has 0 radical (unpaired) electrons. The Bertz CT molecular complexity index is 910. The number of hydrogen-bond acceptors (Lipinski definition) is 0. The van der Waals surface area contributed by atoms with Gasteiger partial charge in [0.15, 0.2) is 0 Å². The van der Waals surface area contributed by atoms with E-state index in [1.807, 2.05) is 0 Å². The highest BCUT2D eigenvalue weighted by Gasteiger charge is 2.09. The minimum absolute atomic E-state index is 1.30. The molecule has 0 aliphatic heterocycles. The number of aryl methyl sites for hydroxylation is 2. The molecular weight excluding hydrogens is 264 g/mol. The molecule has 22 heavy (non-hydrogen) atoms. The van der Waals surface area contributed by atoms with E-state index in [0.717, 1.165) is 0 Å². The summed E-state index contributed by atoms with van der Waals surface area (Å²) in [7, 11) is 0. The largest absolute Gasteiger partial charge is 0.0616 e. The minimum atomic E-state index is 1.30. The van der Waals surface area contributed by atoms with Gasteiger partial charge in [0.25, 0.3) is 0 Å². The van der Waals surface area contributed by atoms with Crippen molar-refractivity contribution in [1.29, 1.82) is 0 Å². The Kier molecular flexibility index (Phi) is 2.97. The zero-order chi connectivity index (χ0) is 15.1. The van der Waals surface area contributed by atoms with Crippen molar-refractivity contribution in [3.05, 3.63) is 83.9 Å². The first-order valence-electron chi connectivity index (χ1n) is 7.71. The van der Waals surface area contributed by atoms with Crippen LogP contribution in [0.1, 0.15) is 11.1 Å². The molecule has 0 atom stereocenters. The lowest BCUT2D eigenvalue weighted by Gasteiger charge is -2.13. The molecule has 0 saturated heterocycles. The molecule has 0 amide bonds. The Morgan fingerprint density at radius 3 is 1.36 bits per heavy atom. The van der Waals surface area contributed by atoms with E-state index in [0.29, 0.717) is 0 Å². The number of fused-ring (bicyclic) bond motifs is 2. The van der Waals surface area contributed by atoms with Crippen molar-refractivity contribution in [2.45, 2.75) is 13.8 Å². The lowest BCUT2D eigenvalue weighted by Crippen LogP contribution is -1.87. The van der Waals surface area contributed by atoms with Crippen molar-refractivity contribution in [3.8, 4) is 11.1 Å². The third-order valence-corrected chi connectivity index (χ3v) is 4.30. The number of hydrogen-bond donors (Lipinski definition) is 0. The fraction of sp³-hybridized carbons (Fsp3) is 0.0909. The molecule has 0 nitrogen and oxygen atoms in total. The molecule has 4 rings (SSSR count). The molecule has 4 aromatic carbocycles. The molecule has 4 aromatic rings. The van der Waals surface area contributed by atoms with Gasteiger partial charge in [0.1, 0.15) is 0 Å². The van der Waals surface area contributed by atoms with Gasteiger partial charge < -0.3 is 0 Å². The van der Waals surface area contributed by atoms with Crippen LogP contribution in [0.5, 0.6) is 0 Å². The summed E-state index contributed by atoms with van der Waals surface area (Å²) < 4.78 is 0. The molecule has 0 fully saturated rings. The molecule has 0 aliphatic rings. The van der Waals surface area contributed by atoms with Crippen LogP contribution in [0, 0.1) is 13.8 Å². The van der Waals surface area contributed by atoms with Crippen molar-refractivity contribution < 1.29 is 0 Å². The molecule has 0 bridgehead atoms. The predicted octanol–water partition coefficient (Wildman–Crippen LogP) is 6.28. The van der Waals surface area contributed by atoms with E-state index in [1.54, 1.807) is 0 Å². The second-order valence-electron chi connectivity index (χ2n) is 6.07. The highest BCUT2D eigenvalue weighted by Crippen LogP contribution is 2.35. The summed E-state index contributed by atoms with van der Waals surface area (Å²) in [6.07, 6.45) is 0. The molecule has 0 aliphatic carbocycles. The van der Waals surface area contributed by atoms with Crippen LogP contribution < -0.4 is 0 Å². The van der Waals surface area contributed by atoms with E-state index in [9.17, 15) is 0 Å². The molecule has 106 valence electrons. The zero-order valence-corrected chi connectivity index (χ0v) is 12.9. The molecular formula is C22H18. The lowest BCUT2D eigenvalue weighted by atomic mass is 9.91. The van der Waals surface area contributed by atoms with Crippen LogP contribution in [0.15, 0.2) is 72.8 Å². The van der Waals surface area contributed by atoms with Crippen molar-refractivity contribution in [3.63, 3.8) is 0 Å². The average Bonchev–Trinajstić information content (AvgIpc) is 2.53. The van der Waals surface area contributed by atoms with Gasteiger partial charge in [-0.15, -0.1) is 0 Å². The van der Waals surface area contributed by atoms with Gasteiger partial charge in [-0.2, -0.15) is 0 Å². The molecule has 0 unspecified atom stereocenters. The van der Waals surface area contributed by atoms with Gasteiger partial charge in [-0.1, -0.05) is 72.8 Å². The first-order chi connectivity index (χ1) is 10.7. The van der Waals surface area contributed by atoms with E-state index in [4.69, 9.17) is 0 Å². The second kappa shape index (κ2) is 4.99. The third-order valence-electron chi connectivity index (χ3n) is 4.30. The Morgan fingerprint density at radius 1 is 0.500 bits per heavy atom. The van der Waals surface area contributed by atoms with Crippen LogP contribution in [0.25, 0.3) is 32.7 Å². The summed E-state index contributed by atoms with van der Waals surface area (Å²) in [6, 6.07) is 26.5. The number of rotatable bonds is 1. The summed E-state index contributed by atoms with van der Waals surface area (Å²) >= 11 is 0. The van der Waals surface area contributed by atoms with Gasteiger partial charge in [0.05, 0.1) is 0 Å². The van der Waals surface area contributed by atoms with Crippen LogP contribution in [-0.2, 0) is 0 Å². The predicted molar refractivity (Wildman–Crippen MR) is 96.4 cm³/mol. The monoisotopic (exact) mass is 282 g/mol. The van der Waals surface area contributed by atoms with Crippen molar-refractivity contribution >= 4 is 21.5 Å². The minimum Gasteiger partial charge on any atom is -0.0616 e. The molecule has 0 N–H and O–H groups in total. The first kappa shape index (κ1) is 13.1. The fourth-order valence-corrected chi connectivity index (χ4v) is 3.37. The topological polar surface area (TPSA) is 0 Å². The van der Waals surface area contributed by atoms with Crippen molar-refractivity contribution in [2.24, 2.45) is 0 Å². The van der Waals surface area contributed by atoms with Crippen molar-refractivity contribution in [2.75, 3.05) is 0 Å². The summed E-state index contributed by atoms with van der Waals surface area (Å²) in [5.74, 6) is 0. The smallest absolute Gasteiger partial charge is 0.00964 e. The molecule has 0 heteroatoms. The maximum absolute atomic E-state index is 2.31. The van der Waals surface area contributed by atoms with Crippen LogP contribution in [0.3, 0.4) is 0 Å². The average molecular weight is 282 g/mol. The van der Waals surface area contributed by atoms with E-state index in [2.05, 4.69) is 86.6 Å². The van der Waals surface area contributed by atoms with Crippen LogP contribution >= 0.6 is 0 Å². The van der Waals surface area contributed by atoms with Crippen LogP contribution in [0.2, 0.25) is 0 Å². The maximum Gasteiger partial charge on any atom is -0.00964 e. The Hall–Kier alpha value is -2.60. The Labute approximate surface area is 131 Å². The second-order valence-corrected chi connectivity index (χ2v) is 6.07. The van der Waals surface area contributed by atoms with E-state index < -0.39 is 0 Å². The summed E-state index contributed by atoms with van der Waals surface area (Å²) in [5, 5.41) is 5.26. The standard InChI is InChI=1S/C22H18/c1-15-11-17-7-3-5-9-19(17)21(13-15)22-14-16(2)12-18-8-4-6-10-20(18)22/h3-14H,1-2H3. The quantitative estimate of drug-likeness (QED) is 0.385. The van der Waals surface area contributed by atoms with E-state index in [-0.39, 0.29) is 0 Å². The zero-order valence-electron chi connectivity index (χ0n) is 12.9. The summed E-state index contributed by atoms with van der Waals surface area (Å²) in [5.41, 5.74) is 5.27. The fourth-order valence-electron chi connectivity index (χ4n) is 3.37. The lowest BCUT2D eigenvalue weighted by molar-refractivity contribution is 1.48. The van der Waals surface area contributed by atoms with Crippen LogP contribution in [-0.4, -0.2) is 0 Å². The van der Waals surface area contributed by atoms with E-state index >= 15 is 0 Å². The summed E-state index contributed by atoms with van der Waals surface area (Å²) in [4.78, 5) is 0. The number of benzene rings is 4. The highest BCUT2D eigenvalue weighted by atomic mass is 14.1. The Balaban J connectivity index is 2.16. The van der Waals surface area contributed by atoms with Gasteiger partial charge in [0.2, 0.25) is 0 Å². The molecule has 0 aromatic heterocycles. The first-order valence-corrected chi connectivity index (χ1v) is 7.71. The maximum atomic E-state index is 2.31.